The van der Waals surface area contributed by atoms with E-state index in [0.717, 1.165) is 18.4 Å². The van der Waals surface area contributed by atoms with Gasteiger partial charge in [-0.25, -0.2) is 0 Å². The van der Waals surface area contributed by atoms with Gasteiger partial charge in [-0.3, -0.25) is 0 Å². The van der Waals surface area contributed by atoms with E-state index < -0.39 is 0 Å². The molecule has 16 heavy (non-hydrogen) atoms. The van der Waals surface area contributed by atoms with Crippen LogP contribution >= 0.6 is 0 Å². The third-order valence-corrected chi connectivity index (χ3v) is 2.50. The normalized spacial score (nSPS) is 12.0. The van der Waals surface area contributed by atoms with Gasteiger partial charge in [-0.05, 0) is 44.3 Å². The third-order valence-electron chi connectivity index (χ3n) is 2.50. The summed E-state index contributed by atoms with van der Waals surface area (Å²) >= 11 is 0. The summed E-state index contributed by atoms with van der Waals surface area (Å²) in [6.07, 6.45) is 2.52. The zero-order valence-corrected chi connectivity index (χ0v) is 12.1. The van der Waals surface area contributed by atoms with Crippen LogP contribution < -0.4 is 5.32 Å². The van der Waals surface area contributed by atoms with Crippen molar-refractivity contribution in [3.05, 3.63) is 0 Å². The van der Waals surface area contributed by atoms with Crippen LogP contribution in [0.5, 0.6) is 0 Å². The number of hydrogen-bond acceptors (Lipinski definition) is 2. The molecule has 98 valence electrons. The first-order valence-electron chi connectivity index (χ1n) is 6.99. The van der Waals surface area contributed by atoms with Gasteiger partial charge >= 0.3 is 0 Å². The topological polar surface area (TPSA) is 15.3 Å². The van der Waals surface area contributed by atoms with Gasteiger partial charge in [0.2, 0.25) is 0 Å². The van der Waals surface area contributed by atoms with Gasteiger partial charge in [0.1, 0.15) is 0 Å². The minimum atomic E-state index is 0.780. The lowest BCUT2D eigenvalue weighted by Gasteiger charge is -2.26. The van der Waals surface area contributed by atoms with Crippen LogP contribution in [0.15, 0.2) is 0 Å². The molecule has 0 atom stereocenters. The van der Waals surface area contributed by atoms with Gasteiger partial charge in [-0.15, -0.1) is 0 Å². The van der Waals surface area contributed by atoms with E-state index in [2.05, 4.69) is 44.8 Å². The summed E-state index contributed by atoms with van der Waals surface area (Å²) in [7, 11) is 0. The van der Waals surface area contributed by atoms with Gasteiger partial charge in [-0.2, -0.15) is 0 Å². The van der Waals surface area contributed by atoms with Crippen LogP contribution in [0.2, 0.25) is 0 Å². The summed E-state index contributed by atoms with van der Waals surface area (Å²) in [5, 5.41) is 3.47. The molecule has 0 saturated heterocycles. The smallest absolute Gasteiger partial charge is 0.000450 e. The van der Waals surface area contributed by atoms with E-state index in [9.17, 15) is 0 Å². The van der Waals surface area contributed by atoms with Crippen LogP contribution in [0.25, 0.3) is 0 Å². The van der Waals surface area contributed by atoms with Crippen LogP contribution in [-0.2, 0) is 0 Å². The van der Waals surface area contributed by atoms with Crippen molar-refractivity contribution in [2.75, 3.05) is 32.7 Å². The first kappa shape index (κ1) is 15.9. The Morgan fingerprint density at radius 3 is 1.94 bits per heavy atom. The Hall–Kier alpha value is -0.0800. The first-order valence-corrected chi connectivity index (χ1v) is 6.99. The van der Waals surface area contributed by atoms with Gasteiger partial charge < -0.3 is 10.2 Å². The first-order chi connectivity index (χ1) is 7.56. The van der Waals surface area contributed by atoms with E-state index >= 15 is 0 Å². The molecule has 0 heterocycles. The Kier molecular flexibility index (Phi) is 10.0. The van der Waals surface area contributed by atoms with Gasteiger partial charge in [0.25, 0.3) is 0 Å². The maximum Gasteiger partial charge on any atom is 0.000450 e. The molecular formula is C14H32N2. The van der Waals surface area contributed by atoms with Crippen molar-refractivity contribution in [1.29, 1.82) is 0 Å². The van der Waals surface area contributed by atoms with Crippen LogP contribution in [-0.4, -0.2) is 37.6 Å². The molecule has 2 heteroatoms. The van der Waals surface area contributed by atoms with Crippen LogP contribution in [0.4, 0.5) is 0 Å². The average molecular weight is 228 g/mol. The lowest BCUT2D eigenvalue weighted by molar-refractivity contribution is 0.216. The Bertz CT molecular complexity index is 134. The fraction of sp³-hybridized carbons (Fsp3) is 1.00. The molecule has 0 saturated carbocycles. The Labute approximate surface area is 103 Å². The van der Waals surface area contributed by atoms with Crippen molar-refractivity contribution < 1.29 is 0 Å². The maximum atomic E-state index is 3.47. The van der Waals surface area contributed by atoms with Crippen LogP contribution in [0, 0.1) is 11.8 Å². The number of nitrogens with zero attached hydrogens (tertiary/aromatic N) is 1. The Morgan fingerprint density at radius 2 is 1.50 bits per heavy atom. The summed E-state index contributed by atoms with van der Waals surface area (Å²) in [6, 6.07) is 0. The predicted molar refractivity (Wildman–Crippen MR) is 73.9 cm³/mol. The monoisotopic (exact) mass is 228 g/mol. The summed E-state index contributed by atoms with van der Waals surface area (Å²) in [4.78, 5) is 2.61. The third kappa shape index (κ3) is 10.4. The molecule has 0 rings (SSSR count). The highest BCUT2D eigenvalue weighted by molar-refractivity contribution is 4.63. The molecule has 0 aromatic carbocycles. The van der Waals surface area contributed by atoms with Crippen molar-refractivity contribution in [2.45, 2.75) is 47.5 Å². The maximum absolute atomic E-state index is 3.47. The zero-order chi connectivity index (χ0) is 12.4. The van der Waals surface area contributed by atoms with Gasteiger partial charge in [0, 0.05) is 13.1 Å². The van der Waals surface area contributed by atoms with E-state index in [0.29, 0.717) is 0 Å². The molecule has 0 aromatic rings. The van der Waals surface area contributed by atoms with E-state index in [1.807, 2.05) is 0 Å². The highest BCUT2D eigenvalue weighted by Crippen LogP contribution is 2.04. The van der Waals surface area contributed by atoms with E-state index in [1.165, 1.54) is 39.0 Å². The average Bonchev–Trinajstić information content (AvgIpc) is 2.15. The van der Waals surface area contributed by atoms with Crippen molar-refractivity contribution in [3.8, 4) is 0 Å². The summed E-state index contributed by atoms with van der Waals surface area (Å²) < 4.78 is 0. The second-order valence-corrected chi connectivity index (χ2v) is 5.65. The summed E-state index contributed by atoms with van der Waals surface area (Å²) in [5.41, 5.74) is 0. The number of rotatable bonds is 10. The number of nitrogens with one attached hydrogen (secondary N) is 1. The molecular weight excluding hydrogens is 196 g/mol. The van der Waals surface area contributed by atoms with E-state index in [4.69, 9.17) is 0 Å². The molecule has 0 aromatic heterocycles. The molecule has 2 nitrogen and oxygen atoms in total. The molecule has 0 radical (unpaired) electrons. The van der Waals surface area contributed by atoms with Crippen molar-refractivity contribution in [3.63, 3.8) is 0 Å². The highest BCUT2D eigenvalue weighted by Gasteiger charge is 2.08. The second kappa shape index (κ2) is 10.1. The summed E-state index contributed by atoms with van der Waals surface area (Å²) in [6.45, 7) is 17.5. The van der Waals surface area contributed by atoms with E-state index in [1.54, 1.807) is 0 Å². The van der Waals surface area contributed by atoms with Crippen LogP contribution in [0.1, 0.15) is 47.5 Å². The fourth-order valence-corrected chi connectivity index (χ4v) is 2.02. The molecule has 0 unspecified atom stereocenters. The fourth-order valence-electron chi connectivity index (χ4n) is 2.02. The quantitative estimate of drug-likeness (QED) is 0.578. The zero-order valence-electron chi connectivity index (χ0n) is 12.1. The minimum absolute atomic E-state index is 0.780. The second-order valence-electron chi connectivity index (χ2n) is 5.65. The van der Waals surface area contributed by atoms with Gasteiger partial charge in [0.15, 0.2) is 0 Å². The van der Waals surface area contributed by atoms with Crippen molar-refractivity contribution >= 4 is 0 Å². The lowest BCUT2D eigenvalue weighted by Crippen LogP contribution is -2.33. The molecule has 0 aliphatic carbocycles. The standard InChI is InChI=1S/C14H32N2/c1-6-8-15-9-7-10-16(11-13(2)3)12-14(4)5/h13-15H,6-12H2,1-5H3. The van der Waals surface area contributed by atoms with Crippen molar-refractivity contribution in [2.24, 2.45) is 11.8 Å². The number of hydrogen-bond donors (Lipinski definition) is 1. The molecule has 0 aliphatic rings. The molecule has 1 N–H and O–H groups in total. The molecule has 0 amide bonds. The lowest BCUT2D eigenvalue weighted by atomic mass is 10.1. The van der Waals surface area contributed by atoms with Crippen molar-refractivity contribution in [1.82, 2.24) is 10.2 Å². The largest absolute Gasteiger partial charge is 0.317 e. The van der Waals surface area contributed by atoms with Gasteiger partial charge in [0.05, 0.1) is 0 Å². The molecule has 0 spiro atoms. The predicted octanol–water partition coefficient (Wildman–Crippen LogP) is 2.99. The molecule has 0 fully saturated rings. The highest BCUT2D eigenvalue weighted by atomic mass is 15.1. The summed E-state index contributed by atoms with van der Waals surface area (Å²) in [5.74, 6) is 1.56. The van der Waals surface area contributed by atoms with Crippen LogP contribution in [0.3, 0.4) is 0 Å². The minimum Gasteiger partial charge on any atom is -0.317 e. The Balaban J connectivity index is 3.65. The Morgan fingerprint density at radius 1 is 0.938 bits per heavy atom. The molecule has 0 aliphatic heterocycles. The molecule has 0 bridgehead atoms. The van der Waals surface area contributed by atoms with E-state index in [-0.39, 0.29) is 0 Å². The SMILES string of the molecule is CCCNCCCN(CC(C)C)CC(C)C. The van der Waals surface area contributed by atoms with Gasteiger partial charge in [-0.1, -0.05) is 34.6 Å².